The van der Waals surface area contributed by atoms with Crippen molar-refractivity contribution in [2.24, 2.45) is 0 Å². The van der Waals surface area contributed by atoms with Gasteiger partial charge in [-0.25, -0.2) is 0 Å². The first kappa shape index (κ1) is 14.2. The van der Waals surface area contributed by atoms with Gasteiger partial charge in [0.1, 0.15) is 5.75 Å². The highest BCUT2D eigenvalue weighted by molar-refractivity contribution is 5.76. The van der Waals surface area contributed by atoms with Crippen LogP contribution in [0.3, 0.4) is 0 Å². The Morgan fingerprint density at radius 2 is 1.75 bits per heavy atom. The van der Waals surface area contributed by atoms with Crippen LogP contribution in [0.25, 0.3) is 11.1 Å². The molecule has 2 nitrogen and oxygen atoms in total. The molecule has 0 saturated heterocycles. The van der Waals surface area contributed by atoms with Crippen molar-refractivity contribution in [3.05, 3.63) is 48.0 Å². The monoisotopic (exact) mass is 281 g/mol. The van der Waals surface area contributed by atoms with E-state index >= 15 is 0 Å². The molecule has 2 N–H and O–H groups in total. The molecular weight excluding hydrogens is 267 g/mol. The molecule has 0 fully saturated rings. The molecule has 0 spiro atoms. The minimum Gasteiger partial charge on any atom is -0.493 e. The topological polar surface area (TPSA) is 35.2 Å². The number of benzene rings is 2. The summed E-state index contributed by atoms with van der Waals surface area (Å²) in [5.41, 5.74) is 5.88. The van der Waals surface area contributed by atoms with Gasteiger partial charge in [-0.15, -0.1) is 0 Å². The second kappa shape index (κ2) is 5.45. The SMILES string of the molecule is CCOc1cc(N)ccc1-c1ccccc1C(F)(F)F. The molecule has 0 atom stereocenters. The lowest BCUT2D eigenvalue weighted by molar-refractivity contribution is -0.137. The number of alkyl halides is 3. The van der Waals surface area contributed by atoms with Gasteiger partial charge in [-0.1, -0.05) is 18.2 Å². The molecule has 106 valence electrons. The highest BCUT2D eigenvalue weighted by atomic mass is 19.4. The number of anilines is 1. The number of nitrogen functional groups attached to an aromatic ring is 1. The van der Waals surface area contributed by atoms with Crippen LogP contribution in [0, 0.1) is 0 Å². The van der Waals surface area contributed by atoms with Crippen LogP contribution in [0.2, 0.25) is 0 Å². The molecule has 0 aliphatic heterocycles. The van der Waals surface area contributed by atoms with E-state index in [1.54, 1.807) is 25.1 Å². The first-order valence-corrected chi connectivity index (χ1v) is 6.12. The molecule has 0 unspecified atom stereocenters. The van der Waals surface area contributed by atoms with Crippen LogP contribution in [-0.2, 0) is 6.18 Å². The Kier molecular flexibility index (Phi) is 3.88. The molecule has 2 aromatic carbocycles. The average Bonchev–Trinajstić information content (AvgIpc) is 2.38. The molecule has 2 aromatic rings. The zero-order valence-electron chi connectivity index (χ0n) is 10.9. The fourth-order valence-electron chi connectivity index (χ4n) is 2.00. The van der Waals surface area contributed by atoms with E-state index in [9.17, 15) is 13.2 Å². The average molecular weight is 281 g/mol. The third kappa shape index (κ3) is 2.87. The maximum Gasteiger partial charge on any atom is 0.417 e. The standard InChI is InChI=1S/C15H14F3NO/c1-2-20-14-9-10(19)7-8-12(14)11-5-3-4-6-13(11)15(16,17)18/h3-9H,2,19H2,1H3. The summed E-state index contributed by atoms with van der Waals surface area (Å²) in [7, 11) is 0. The Morgan fingerprint density at radius 3 is 2.40 bits per heavy atom. The molecule has 0 amide bonds. The van der Waals surface area contributed by atoms with Crippen LogP contribution < -0.4 is 10.5 Å². The highest BCUT2D eigenvalue weighted by Gasteiger charge is 2.33. The van der Waals surface area contributed by atoms with E-state index in [2.05, 4.69) is 0 Å². The molecule has 2 rings (SSSR count). The van der Waals surface area contributed by atoms with Crippen LogP contribution in [0.1, 0.15) is 12.5 Å². The normalized spacial score (nSPS) is 11.4. The zero-order chi connectivity index (χ0) is 14.8. The summed E-state index contributed by atoms with van der Waals surface area (Å²) in [6.07, 6.45) is -4.42. The first-order valence-electron chi connectivity index (χ1n) is 6.12. The maximum atomic E-state index is 13.1. The largest absolute Gasteiger partial charge is 0.493 e. The fraction of sp³-hybridized carbons (Fsp3) is 0.200. The lowest BCUT2D eigenvalue weighted by atomic mass is 9.98. The summed E-state index contributed by atoms with van der Waals surface area (Å²) in [6.45, 7) is 2.12. The van der Waals surface area contributed by atoms with Crippen LogP contribution in [0.15, 0.2) is 42.5 Å². The van der Waals surface area contributed by atoms with E-state index in [0.717, 1.165) is 6.07 Å². The Morgan fingerprint density at radius 1 is 1.05 bits per heavy atom. The zero-order valence-corrected chi connectivity index (χ0v) is 10.9. The molecule has 5 heteroatoms. The summed E-state index contributed by atoms with van der Waals surface area (Å²) in [5.74, 6) is 0.351. The number of halogens is 3. The van der Waals surface area contributed by atoms with Crippen molar-refractivity contribution < 1.29 is 17.9 Å². The number of hydrogen-bond acceptors (Lipinski definition) is 2. The van der Waals surface area contributed by atoms with E-state index in [1.165, 1.54) is 18.2 Å². The number of hydrogen-bond donors (Lipinski definition) is 1. The highest BCUT2D eigenvalue weighted by Crippen LogP contribution is 2.40. The van der Waals surface area contributed by atoms with Gasteiger partial charge >= 0.3 is 6.18 Å². The number of rotatable bonds is 3. The fourth-order valence-corrected chi connectivity index (χ4v) is 2.00. The predicted molar refractivity (Wildman–Crippen MR) is 72.5 cm³/mol. The van der Waals surface area contributed by atoms with E-state index in [4.69, 9.17) is 10.5 Å². The summed E-state index contributed by atoms with van der Waals surface area (Å²) in [4.78, 5) is 0. The first-order chi connectivity index (χ1) is 9.43. The van der Waals surface area contributed by atoms with Gasteiger partial charge in [0, 0.05) is 17.3 Å². The van der Waals surface area contributed by atoms with Crippen molar-refractivity contribution in [2.45, 2.75) is 13.1 Å². The van der Waals surface area contributed by atoms with E-state index in [0.29, 0.717) is 23.6 Å². The number of nitrogens with two attached hydrogens (primary N) is 1. The second-order valence-electron chi connectivity index (χ2n) is 4.23. The Bertz CT molecular complexity index is 608. The van der Waals surface area contributed by atoms with Gasteiger partial charge in [-0.05, 0) is 30.7 Å². The van der Waals surface area contributed by atoms with Gasteiger partial charge in [0.15, 0.2) is 0 Å². The minimum absolute atomic E-state index is 0.0865. The van der Waals surface area contributed by atoms with Crippen LogP contribution >= 0.6 is 0 Å². The molecule has 20 heavy (non-hydrogen) atoms. The number of ether oxygens (including phenoxy) is 1. The van der Waals surface area contributed by atoms with Crippen molar-refractivity contribution in [3.63, 3.8) is 0 Å². The second-order valence-corrected chi connectivity index (χ2v) is 4.23. The van der Waals surface area contributed by atoms with Crippen molar-refractivity contribution in [1.82, 2.24) is 0 Å². The van der Waals surface area contributed by atoms with Crippen molar-refractivity contribution in [3.8, 4) is 16.9 Å². The molecular formula is C15H14F3NO. The quantitative estimate of drug-likeness (QED) is 0.849. The van der Waals surface area contributed by atoms with Gasteiger partial charge in [0.25, 0.3) is 0 Å². The molecule has 0 radical (unpaired) electrons. The molecule has 0 aliphatic carbocycles. The van der Waals surface area contributed by atoms with Gasteiger partial charge < -0.3 is 10.5 Å². The Hall–Kier alpha value is -2.17. The summed E-state index contributed by atoms with van der Waals surface area (Å²) in [6, 6.07) is 10.1. The van der Waals surface area contributed by atoms with Gasteiger partial charge in [-0.2, -0.15) is 13.2 Å². The van der Waals surface area contributed by atoms with Gasteiger partial charge in [-0.3, -0.25) is 0 Å². The summed E-state index contributed by atoms with van der Waals surface area (Å²) < 4.78 is 44.6. The summed E-state index contributed by atoms with van der Waals surface area (Å²) in [5, 5.41) is 0. The van der Waals surface area contributed by atoms with Crippen molar-refractivity contribution in [2.75, 3.05) is 12.3 Å². The predicted octanol–water partition coefficient (Wildman–Crippen LogP) is 4.35. The third-order valence-electron chi connectivity index (χ3n) is 2.83. The van der Waals surface area contributed by atoms with Crippen LogP contribution in [0.5, 0.6) is 5.75 Å². The van der Waals surface area contributed by atoms with E-state index < -0.39 is 11.7 Å². The van der Waals surface area contributed by atoms with E-state index in [1.807, 2.05) is 0 Å². The smallest absolute Gasteiger partial charge is 0.417 e. The van der Waals surface area contributed by atoms with Crippen LogP contribution in [0.4, 0.5) is 18.9 Å². The Labute approximate surface area is 115 Å². The molecule has 0 saturated carbocycles. The molecule has 0 aromatic heterocycles. The van der Waals surface area contributed by atoms with Crippen molar-refractivity contribution >= 4 is 5.69 Å². The van der Waals surface area contributed by atoms with E-state index in [-0.39, 0.29) is 5.56 Å². The molecule has 0 heterocycles. The van der Waals surface area contributed by atoms with Crippen molar-refractivity contribution in [1.29, 1.82) is 0 Å². The molecule has 0 bridgehead atoms. The Balaban J connectivity index is 2.63. The maximum absolute atomic E-state index is 13.1. The van der Waals surface area contributed by atoms with Gasteiger partial charge in [0.2, 0.25) is 0 Å². The van der Waals surface area contributed by atoms with Gasteiger partial charge in [0.05, 0.1) is 12.2 Å². The minimum atomic E-state index is -4.42. The summed E-state index contributed by atoms with van der Waals surface area (Å²) >= 11 is 0. The molecule has 0 aliphatic rings. The third-order valence-corrected chi connectivity index (χ3v) is 2.83. The van der Waals surface area contributed by atoms with Crippen LogP contribution in [-0.4, -0.2) is 6.61 Å². The lowest BCUT2D eigenvalue weighted by Gasteiger charge is -2.16. The lowest BCUT2D eigenvalue weighted by Crippen LogP contribution is -2.07.